The number of carboxylic acid groups (broad SMARTS) is 1. The Hall–Kier alpha value is -2.09. The highest BCUT2D eigenvalue weighted by Crippen LogP contribution is 2.09. The summed E-state index contributed by atoms with van der Waals surface area (Å²) >= 11 is 0. The van der Waals surface area contributed by atoms with E-state index >= 15 is 0 Å². The second kappa shape index (κ2) is 5.70. The van der Waals surface area contributed by atoms with Crippen LogP contribution < -0.4 is 10.6 Å². The Bertz CT molecular complexity index is 467. The molecule has 1 unspecified atom stereocenters. The van der Waals surface area contributed by atoms with Crippen LogP contribution in [0.4, 0.5) is 10.5 Å². The van der Waals surface area contributed by atoms with E-state index < -0.39 is 24.1 Å². The summed E-state index contributed by atoms with van der Waals surface area (Å²) in [6.07, 6.45) is 3.13. The van der Waals surface area contributed by atoms with Crippen LogP contribution in [-0.4, -0.2) is 44.1 Å². The van der Waals surface area contributed by atoms with Crippen molar-refractivity contribution in [3.63, 3.8) is 0 Å². The number of aliphatic hydroxyl groups is 1. The van der Waals surface area contributed by atoms with Gasteiger partial charge in [-0.05, 0) is 20.8 Å². The molecule has 0 bridgehead atoms. The van der Waals surface area contributed by atoms with Crippen LogP contribution in [0.3, 0.4) is 0 Å². The fourth-order valence-electron chi connectivity index (χ4n) is 1.19. The quantitative estimate of drug-likeness (QED) is 0.618. The minimum atomic E-state index is -2.00. The first-order valence-corrected chi connectivity index (χ1v) is 5.77. The topological polar surface area (TPSA) is 116 Å². The van der Waals surface area contributed by atoms with Crippen molar-refractivity contribution in [1.29, 1.82) is 0 Å². The molecular weight excluding hydrogens is 252 g/mol. The number of urea groups is 1. The third kappa shape index (κ3) is 4.25. The van der Waals surface area contributed by atoms with Gasteiger partial charge in [0.15, 0.2) is 5.60 Å². The molecule has 0 saturated carbocycles. The van der Waals surface area contributed by atoms with Gasteiger partial charge >= 0.3 is 12.0 Å². The van der Waals surface area contributed by atoms with E-state index in [1.807, 2.05) is 13.8 Å². The zero-order valence-corrected chi connectivity index (χ0v) is 11.0. The lowest BCUT2D eigenvalue weighted by molar-refractivity contribution is -0.155. The number of nitrogens with zero attached hydrogens (tertiary/aromatic N) is 2. The zero-order valence-electron chi connectivity index (χ0n) is 11.0. The molecule has 4 N–H and O–H groups in total. The highest BCUT2D eigenvalue weighted by molar-refractivity contribution is 5.89. The molecule has 0 saturated heterocycles. The van der Waals surface area contributed by atoms with Gasteiger partial charge in [-0.1, -0.05) is 0 Å². The number of hydrogen-bond acceptors (Lipinski definition) is 4. The molecular formula is C11H18N4O4. The van der Waals surface area contributed by atoms with Crippen molar-refractivity contribution in [2.45, 2.75) is 32.4 Å². The number of rotatable bonds is 5. The number of carbonyl (C=O) groups is 2. The molecule has 1 heterocycles. The molecule has 0 aliphatic heterocycles. The monoisotopic (exact) mass is 270 g/mol. The second-order valence-corrected chi connectivity index (χ2v) is 4.69. The first kappa shape index (κ1) is 15.0. The Balaban J connectivity index is 2.49. The number of aromatic nitrogens is 2. The molecule has 8 heteroatoms. The second-order valence-electron chi connectivity index (χ2n) is 4.69. The fourth-order valence-corrected chi connectivity index (χ4v) is 1.19. The number of carboxylic acids is 1. The Labute approximate surface area is 110 Å². The lowest BCUT2D eigenvalue weighted by atomic mass is 10.1. The van der Waals surface area contributed by atoms with Crippen LogP contribution in [0.5, 0.6) is 0 Å². The van der Waals surface area contributed by atoms with E-state index in [1.165, 1.54) is 6.20 Å². The van der Waals surface area contributed by atoms with Crippen LogP contribution >= 0.6 is 0 Å². The van der Waals surface area contributed by atoms with Gasteiger partial charge in [0, 0.05) is 12.2 Å². The van der Waals surface area contributed by atoms with Gasteiger partial charge in [0.25, 0.3) is 0 Å². The highest BCUT2D eigenvalue weighted by atomic mass is 16.4. The number of carbonyl (C=O) groups excluding carboxylic acids is 1. The summed E-state index contributed by atoms with van der Waals surface area (Å²) in [6, 6.07) is -0.434. The van der Waals surface area contributed by atoms with E-state index in [9.17, 15) is 14.7 Å². The standard InChI is InChI=1S/C11H18N4O4/c1-7(2)15-5-8(4-13-15)14-10(18)12-6-11(3,19)9(16)17/h4-5,7,19H,6H2,1-3H3,(H,16,17)(H2,12,14,18). The van der Waals surface area contributed by atoms with Crippen LogP contribution in [0, 0.1) is 0 Å². The molecule has 1 aromatic heterocycles. The first-order valence-electron chi connectivity index (χ1n) is 5.77. The molecule has 8 nitrogen and oxygen atoms in total. The van der Waals surface area contributed by atoms with Crippen molar-refractivity contribution in [3.8, 4) is 0 Å². The van der Waals surface area contributed by atoms with E-state index in [1.54, 1.807) is 10.9 Å². The Kier molecular flexibility index (Phi) is 4.49. The molecule has 0 radical (unpaired) electrons. The van der Waals surface area contributed by atoms with E-state index in [4.69, 9.17) is 5.11 Å². The average molecular weight is 270 g/mol. The molecule has 1 atom stereocenters. The first-order chi connectivity index (χ1) is 8.72. The SMILES string of the molecule is CC(C)n1cc(NC(=O)NCC(C)(O)C(=O)O)cn1. The Morgan fingerprint density at radius 2 is 2.16 bits per heavy atom. The minimum absolute atomic E-state index is 0.173. The molecule has 19 heavy (non-hydrogen) atoms. The molecule has 0 aromatic carbocycles. The summed E-state index contributed by atoms with van der Waals surface area (Å²) in [4.78, 5) is 22.1. The number of nitrogens with one attached hydrogen (secondary N) is 2. The van der Waals surface area contributed by atoms with Gasteiger partial charge in [-0.3, -0.25) is 4.68 Å². The fraction of sp³-hybridized carbons (Fsp3) is 0.545. The molecule has 2 amide bonds. The number of anilines is 1. The third-order valence-corrected chi connectivity index (χ3v) is 2.44. The van der Waals surface area contributed by atoms with Crippen LogP contribution in [-0.2, 0) is 4.79 Å². The third-order valence-electron chi connectivity index (χ3n) is 2.44. The predicted octanol–water partition coefficient (Wildman–Crippen LogP) is 0.421. The maximum atomic E-state index is 11.5. The average Bonchev–Trinajstić information content (AvgIpc) is 2.75. The van der Waals surface area contributed by atoms with E-state index in [-0.39, 0.29) is 6.04 Å². The molecule has 0 fully saturated rings. The Morgan fingerprint density at radius 1 is 1.53 bits per heavy atom. The van der Waals surface area contributed by atoms with Crippen molar-refractivity contribution < 1.29 is 19.8 Å². The lowest BCUT2D eigenvalue weighted by Crippen LogP contribution is -2.47. The van der Waals surface area contributed by atoms with Gasteiger partial charge < -0.3 is 20.8 Å². The van der Waals surface area contributed by atoms with Gasteiger partial charge in [0.05, 0.1) is 18.4 Å². The normalized spacial score (nSPS) is 13.9. The number of aliphatic carboxylic acids is 1. The number of amides is 2. The molecule has 1 rings (SSSR count). The smallest absolute Gasteiger partial charge is 0.337 e. The van der Waals surface area contributed by atoms with Crippen molar-refractivity contribution >= 4 is 17.7 Å². The summed E-state index contributed by atoms with van der Waals surface area (Å²) in [5.74, 6) is -1.40. The van der Waals surface area contributed by atoms with Gasteiger partial charge in [-0.25, -0.2) is 9.59 Å². The summed E-state index contributed by atoms with van der Waals surface area (Å²) in [5, 5.41) is 26.9. The van der Waals surface area contributed by atoms with Gasteiger partial charge in [0.2, 0.25) is 0 Å². The lowest BCUT2D eigenvalue weighted by Gasteiger charge is -2.18. The van der Waals surface area contributed by atoms with Gasteiger partial charge in [0.1, 0.15) is 0 Å². The molecule has 0 aliphatic carbocycles. The highest BCUT2D eigenvalue weighted by Gasteiger charge is 2.30. The van der Waals surface area contributed by atoms with Gasteiger partial charge in [-0.2, -0.15) is 5.10 Å². The molecule has 0 aliphatic rings. The van der Waals surface area contributed by atoms with Crippen molar-refractivity contribution in [1.82, 2.24) is 15.1 Å². The van der Waals surface area contributed by atoms with Crippen LogP contribution in [0.25, 0.3) is 0 Å². The molecule has 106 valence electrons. The minimum Gasteiger partial charge on any atom is -0.479 e. The zero-order chi connectivity index (χ0) is 14.6. The number of hydrogen-bond donors (Lipinski definition) is 4. The van der Waals surface area contributed by atoms with Crippen molar-refractivity contribution in [3.05, 3.63) is 12.4 Å². The van der Waals surface area contributed by atoms with Gasteiger partial charge in [-0.15, -0.1) is 0 Å². The van der Waals surface area contributed by atoms with Crippen molar-refractivity contribution in [2.75, 3.05) is 11.9 Å². The molecule has 0 spiro atoms. The van der Waals surface area contributed by atoms with E-state index in [0.29, 0.717) is 5.69 Å². The van der Waals surface area contributed by atoms with Crippen LogP contribution in [0.2, 0.25) is 0 Å². The van der Waals surface area contributed by atoms with Crippen LogP contribution in [0.15, 0.2) is 12.4 Å². The predicted molar refractivity (Wildman–Crippen MR) is 67.9 cm³/mol. The summed E-state index contributed by atoms with van der Waals surface area (Å²) in [5.41, 5.74) is -1.51. The maximum absolute atomic E-state index is 11.5. The summed E-state index contributed by atoms with van der Waals surface area (Å²) in [7, 11) is 0. The summed E-state index contributed by atoms with van der Waals surface area (Å²) < 4.78 is 1.67. The summed E-state index contributed by atoms with van der Waals surface area (Å²) in [6.45, 7) is 4.60. The van der Waals surface area contributed by atoms with E-state index in [2.05, 4.69) is 15.7 Å². The van der Waals surface area contributed by atoms with Crippen molar-refractivity contribution in [2.24, 2.45) is 0 Å². The van der Waals surface area contributed by atoms with E-state index in [0.717, 1.165) is 6.92 Å². The van der Waals surface area contributed by atoms with Crippen LogP contribution in [0.1, 0.15) is 26.8 Å². The maximum Gasteiger partial charge on any atom is 0.337 e. The largest absolute Gasteiger partial charge is 0.479 e. The Morgan fingerprint density at radius 3 is 2.63 bits per heavy atom. The molecule has 1 aromatic rings.